The zero-order valence-electron chi connectivity index (χ0n) is 10.9. The van der Waals surface area contributed by atoms with Crippen LogP contribution in [-0.4, -0.2) is 35.6 Å². The fourth-order valence-corrected chi connectivity index (χ4v) is 2.54. The normalized spacial score (nSPS) is 16.7. The van der Waals surface area contributed by atoms with Crippen molar-refractivity contribution in [2.24, 2.45) is 0 Å². The molecule has 1 aromatic rings. The standard InChI is InChI=1S/C14H20N4/c1-2-18(14-4-6-16-7-5-14)11-12-3-8-17-13(9-12)10-15/h3,8-9,14,16H,2,4-7,11H2,1H3. The van der Waals surface area contributed by atoms with Crippen molar-refractivity contribution < 1.29 is 0 Å². The molecule has 0 amide bonds. The summed E-state index contributed by atoms with van der Waals surface area (Å²) in [5, 5.41) is 12.3. The highest BCUT2D eigenvalue weighted by Crippen LogP contribution is 2.15. The van der Waals surface area contributed by atoms with E-state index >= 15 is 0 Å². The van der Waals surface area contributed by atoms with Crippen LogP contribution >= 0.6 is 0 Å². The van der Waals surface area contributed by atoms with Gasteiger partial charge in [0.05, 0.1) is 0 Å². The van der Waals surface area contributed by atoms with E-state index in [1.165, 1.54) is 18.4 Å². The van der Waals surface area contributed by atoms with Crippen molar-refractivity contribution in [1.29, 1.82) is 5.26 Å². The van der Waals surface area contributed by atoms with Crippen molar-refractivity contribution >= 4 is 0 Å². The lowest BCUT2D eigenvalue weighted by Crippen LogP contribution is -2.42. The Morgan fingerprint density at radius 1 is 1.50 bits per heavy atom. The number of aromatic nitrogens is 1. The summed E-state index contributed by atoms with van der Waals surface area (Å²) in [7, 11) is 0. The van der Waals surface area contributed by atoms with Gasteiger partial charge in [-0.3, -0.25) is 4.90 Å². The van der Waals surface area contributed by atoms with Crippen LogP contribution in [0, 0.1) is 11.3 Å². The Morgan fingerprint density at radius 2 is 2.28 bits per heavy atom. The average molecular weight is 244 g/mol. The quantitative estimate of drug-likeness (QED) is 0.872. The van der Waals surface area contributed by atoms with Gasteiger partial charge in [-0.1, -0.05) is 6.92 Å². The number of hydrogen-bond donors (Lipinski definition) is 1. The highest BCUT2D eigenvalue weighted by Gasteiger charge is 2.19. The zero-order chi connectivity index (χ0) is 12.8. The molecule has 4 nitrogen and oxygen atoms in total. The van der Waals surface area contributed by atoms with Crippen LogP contribution in [0.15, 0.2) is 18.3 Å². The monoisotopic (exact) mass is 244 g/mol. The first-order valence-electron chi connectivity index (χ1n) is 6.63. The minimum absolute atomic E-state index is 0.508. The largest absolute Gasteiger partial charge is 0.317 e. The van der Waals surface area contributed by atoms with Gasteiger partial charge in [0.1, 0.15) is 11.8 Å². The highest BCUT2D eigenvalue weighted by atomic mass is 15.2. The van der Waals surface area contributed by atoms with E-state index in [9.17, 15) is 0 Å². The molecule has 1 aromatic heterocycles. The van der Waals surface area contributed by atoms with Gasteiger partial charge < -0.3 is 5.32 Å². The number of pyridine rings is 1. The van der Waals surface area contributed by atoms with Crippen molar-refractivity contribution in [3.05, 3.63) is 29.6 Å². The van der Waals surface area contributed by atoms with Crippen molar-refractivity contribution in [2.45, 2.75) is 32.4 Å². The highest BCUT2D eigenvalue weighted by molar-refractivity contribution is 5.25. The van der Waals surface area contributed by atoms with E-state index in [1.807, 2.05) is 12.1 Å². The Hall–Kier alpha value is -1.44. The zero-order valence-corrected chi connectivity index (χ0v) is 10.9. The first-order valence-corrected chi connectivity index (χ1v) is 6.63. The first kappa shape index (κ1) is 13.0. The third-order valence-corrected chi connectivity index (χ3v) is 3.56. The maximum absolute atomic E-state index is 8.87. The molecule has 2 heterocycles. The summed E-state index contributed by atoms with van der Waals surface area (Å²) in [6.07, 6.45) is 4.15. The van der Waals surface area contributed by atoms with Crippen LogP contribution in [0.5, 0.6) is 0 Å². The topological polar surface area (TPSA) is 52.0 Å². The molecule has 1 aliphatic rings. The molecule has 0 aromatic carbocycles. The molecule has 1 saturated heterocycles. The number of hydrogen-bond acceptors (Lipinski definition) is 4. The Balaban J connectivity index is 2.02. The molecular weight excluding hydrogens is 224 g/mol. The van der Waals surface area contributed by atoms with E-state index < -0.39 is 0 Å². The van der Waals surface area contributed by atoms with Crippen LogP contribution in [0.3, 0.4) is 0 Å². The number of rotatable bonds is 4. The minimum Gasteiger partial charge on any atom is -0.317 e. The summed E-state index contributed by atoms with van der Waals surface area (Å²) < 4.78 is 0. The second-order valence-electron chi connectivity index (χ2n) is 4.71. The van der Waals surface area contributed by atoms with E-state index in [0.717, 1.165) is 26.2 Å². The van der Waals surface area contributed by atoms with Crippen LogP contribution < -0.4 is 5.32 Å². The Kier molecular flexibility index (Phi) is 4.68. The van der Waals surface area contributed by atoms with Crippen molar-refractivity contribution in [1.82, 2.24) is 15.2 Å². The fraction of sp³-hybridized carbons (Fsp3) is 0.571. The molecular formula is C14H20N4. The lowest BCUT2D eigenvalue weighted by molar-refractivity contribution is 0.162. The molecule has 1 N–H and O–H groups in total. The van der Waals surface area contributed by atoms with E-state index in [4.69, 9.17) is 5.26 Å². The predicted octanol–water partition coefficient (Wildman–Crippen LogP) is 1.53. The molecule has 0 unspecified atom stereocenters. The lowest BCUT2D eigenvalue weighted by atomic mass is 10.0. The van der Waals surface area contributed by atoms with E-state index in [-0.39, 0.29) is 0 Å². The predicted molar refractivity (Wildman–Crippen MR) is 70.9 cm³/mol. The van der Waals surface area contributed by atoms with Crippen molar-refractivity contribution in [3.8, 4) is 6.07 Å². The molecule has 1 aliphatic heterocycles. The van der Waals surface area contributed by atoms with Crippen molar-refractivity contribution in [2.75, 3.05) is 19.6 Å². The lowest BCUT2D eigenvalue weighted by Gasteiger charge is -2.33. The molecule has 4 heteroatoms. The molecule has 1 fully saturated rings. The summed E-state index contributed by atoms with van der Waals surface area (Å²) >= 11 is 0. The molecule has 0 aliphatic carbocycles. The number of nitriles is 1. The van der Waals surface area contributed by atoms with Gasteiger partial charge in [0.15, 0.2) is 0 Å². The molecule has 0 saturated carbocycles. The average Bonchev–Trinajstić information content (AvgIpc) is 2.46. The van der Waals surface area contributed by atoms with Gasteiger partial charge in [0.2, 0.25) is 0 Å². The second kappa shape index (κ2) is 6.48. The van der Waals surface area contributed by atoms with Gasteiger partial charge in [0, 0.05) is 18.8 Å². The van der Waals surface area contributed by atoms with Crippen LogP contribution in [0.1, 0.15) is 31.0 Å². The summed E-state index contributed by atoms with van der Waals surface area (Å²) in [6.45, 7) is 6.39. The summed E-state index contributed by atoms with van der Waals surface area (Å²) in [6, 6.07) is 6.66. The van der Waals surface area contributed by atoms with Gasteiger partial charge >= 0.3 is 0 Å². The van der Waals surface area contributed by atoms with Gasteiger partial charge in [0.25, 0.3) is 0 Å². The third kappa shape index (κ3) is 3.28. The molecule has 0 radical (unpaired) electrons. The van der Waals surface area contributed by atoms with Crippen molar-refractivity contribution in [3.63, 3.8) is 0 Å². The Morgan fingerprint density at radius 3 is 2.94 bits per heavy atom. The van der Waals surface area contributed by atoms with Crippen LogP contribution in [0.25, 0.3) is 0 Å². The van der Waals surface area contributed by atoms with Crippen LogP contribution in [0.2, 0.25) is 0 Å². The fourth-order valence-electron chi connectivity index (χ4n) is 2.54. The van der Waals surface area contributed by atoms with Crippen LogP contribution in [0.4, 0.5) is 0 Å². The number of nitrogens with one attached hydrogen (secondary N) is 1. The van der Waals surface area contributed by atoms with Crippen LogP contribution in [-0.2, 0) is 6.54 Å². The molecule has 0 atom stereocenters. The maximum atomic E-state index is 8.87. The number of nitrogens with zero attached hydrogens (tertiary/aromatic N) is 3. The number of piperidine rings is 1. The minimum atomic E-state index is 0.508. The second-order valence-corrected chi connectivity index (χ2v) is 4.71. The maximum Gasteiger partial charge on any atom is 0.140 e. The molecule has 96 valence electrons. The summed E-state index contributed by atoms with van der Waals surface area (Å²) in [5.74, 6) is 0. The first-order chi connectivity index (χ1) is 8.83. The molecule has 18 heavy (non-hydrogen) atoms. The van der Waals surface area contributed by atoms with E-state index in [0.29, 0.717) is 11.7 Å². The molecule has 0 spiro atoms. The molecule has 2 rings (SSSR count). The molecule has 0 bridgehead atoms. The van der Waals surface area contributed by atoms with E-state index in [1.54, 1.807) is 6.20 Å². The third-order valence-electron chi connectivity index (χ3n) is 3.56. The van der Waals surface area contributed by atoms with Gasteiger partial charge in [-0.25, -0.2) is 4.98 Å². The summed E-state index contributed by atoms with van der Waals surface area (Å²) in [4.78, 5) is 6.51. The summed E-state index contributed by atoms with van der Waals surface area (Å²) in [5.41, 5.74) is 1.69. The van der Waals surface area contributed by atoms with Gasteiger partial charge in [-0.2, -0.15) is 5.26 Å². The SMILES string of the molecule is CCN(Cc1ccnc(C#N)c1)C1CCNCC1. The van der Waals surface area contributed by atoms with Gasteiger partial charge in [-0.15, -0.1) is 0 Å². The Bertz CT molecular complexity index is 418. The van der Waals surface area contributed by atoms with Gasteiger partial charge in [-0.05, 0) is 50.2 Å². The van der Waals surface area contributed by atoms with E-state index in [2.05, 4.69) is 28.2 Å². The Labute approximate surface area is 109 Å². The smallest absolute Gasteiger partial charge is 0.140 e.